The van der Waals surface area contributed by atoms with Gasteiger partial charge >= 0.3 is 0 Å². The minimum atomic E-state index is -0.390. The van der Waals surface area contributed by atoms with Crippen molar-refractivity contribution in [1.82, 2.24) is 0 Å². The summed E-state index contributed by atoms with van der Waals surface area (Å²) in [4.78, 5) is 0. The molecular weight excluding hydrogens is 213 g/mol. The van der Waals surface area contributed by atoms with Gasteiger partial charge in [0.1, 0.15) is 11.6 Å². The number of nitrogens with two attached hydrogens (primary N) is 1. The van der Waals surface area contributed by atoms with Crippen molar-refractivity contribution < 1.29 is 14.3 Å². The summed E-state index contributed by atoms with van der Waals surface area (Å²) in [5.41, 5.74) is 5.98. The Labute approximate surface area is 92.7 Å². The summed E-state index contributed by atoms with van der Waals surface area (Å²) < 4.78 is 17.9. The molecule has 0 spiro atoms. The van der Waals surface area contributed by atoms with Crippen LogP contribution in [0.15, 0.2) is 23.4 Å². The van der Waals surface area contributed by atoms with Gasteiger partial charge in [0.25, 0.3) is 0 Å². The first-order chi connectivity index (χ1) is 7.58. The summed E-state index contributed by atoms with van der Waals surface area (Å²) in [6.45, 7) is 1.71. The van der Waals surface area contributed by atoms with Crippen molar-refractivity contribution >= 4 is 11.5 Å². The molecule has 0 heterocycles. The highest BCUT2D eigenvalue weighted by Crippen LogP contribution is 2.25. The van der Waals surface area contributed by atoms with E-state index < -0.39 is 0 Å². The largest absolute Gasteiger partial charge is 0.494 e. The summed E-state index contributed by atoms with van der Waals surface area (Å²) in [5.74, 6) is 0.00261. The summed E-state index contributed by atoms with van der Waals surface area (Å²) in [7, 11) is 1.44. The van der Waals surface area contributed by atoms with Gasteiger partial charge in [0, 0.05) is 6.07 Å². The first-order valence-corrected chi connectivity index (χ1v) is 4.66. The molecule has 6 heteroatoms. The third kappa shape index (κ3) is 2.75. The highest BCUT2D eigenvalue weighted by Gasteiger charge is 2.11. The van der Waals surface area contributed by atoms with Crippen LogP contribution in [-0.2, 0) is 0 Å². The van der Waals surface area contributed by atoms with Crippen LogP contribution >= 0.6 is 0 Å². The number of oxime groups is 1. The van der Waals surface area contributed by atoms with E-state index in [9.17, 15) is 4.39 Å². The molecular formula is C10H14FN3O2. The van der Waals surface area contributed by atoms with Crippen LogP contribution in [0.25, 0.3) is 0 Å². The maximum Gasteiger partial charge on any atom is 0.161 e. The normalized spacial score (nSPS) is 13.3. The van der Waals surface area contributed by atoms with E-state index in [4.69, 9.17) is 15.7 Å². The van der Waals surface area contributed by atoms with Gasteiger partial charge in [-0.05, 0) is 19.1 Å². The standard InChI is InChI=1S/C10H14FN3O2/c1-6(10(12)14-15)13-8-4-3-7(11)5-9(8)16-2/h3-6,13,15H,1-2H3,(H2,12,14). The van der Waals surface area contributed by atoms with Gasteiger partial charge in [-0.2, -0.15) is 0 Å². The molecule has 0 radical (unpaired) electrons. The highest BCUT2D eigenvalue weighted by molar-refractivity contribution is 5.87. The van der Waals surface area contributed by atoms with Crippen molar-refractivity contribution in [2.24, 2.45) is 10.9 Å². The van der Waals surface area contributed by atoms with Gasteiger partial charge in [-0.3, -0.25) is 0 Å². The fourth-order valence-electron chi connectivity index (χ4n) is 1.18. The lowest BCUT2D eigenvalue weighted by Gasteiger charge is -2.16. The second kappa shape index (κ2) is 5.20. The second-order valence-electron chi connectivity index (χ2n) is 3.24. The zero-order valence-electron chi connectivity index (χ0n) is 9.07. The number of nitrogens with one attached hydrogen (secondary N) is 1. The van der Waals surface area contributed by atoms with E-state index in [0.717, 1.165) is 0 Å². The van der Waals surface area contributed by atoms with Crippen molar-refractivity contribution in [3.05, 3.63) is 24.0 Å². The highest BCUT2D eigenvalue weighted by atomic mass is 19.1. The molecule has 1 unspecified atom stereocenters. The van der Waals surface area contributed by atoms with Crippen molar-refractivity contribution in [3.63, 3.8) is 0 Å². The fraction of sp³-hybridized carbons (Fsp3) is 0.300. The Bertz CT molecular complexity index is 396. The molecule has 4 N–H and O–H groups in total. The van der Waals surface area contributed by atoms with Crippen LogP contribution in [0.3, 0.4) is 0 Å². The second-order valence-corrected chi connectivity index (χ2v) is 3.24. The molecule has 0 aliphatic rings. The molecule has 0 saturated carbocycles. The molecule has 16 heavy (non-hydrogen) atoms. The lowest BCUT2D eigenvalue weighted by molar-refractivity contribution is 0.316. The third-order valence-electron chi connectivity index (χ3n) is 2.09. The predicted molar refractivity (Wildman–Crippen MR) is 59.4 cm³/mol. The summed E-state index contributed by atoms with van der Waals surface area (Å²) >= 11 is 0. The van der Waals surface area contributed by atoms with Gasteiger partial charge in [0.15, 0.2) is 5.84 Å². The van der Waals surface area contributed by atoms with Crippen LogP contribution < -0.4 is 15.8 Å². The predicted octanol–water partition coefficient (Wildman–Crippen LogP) is 1.38. The molecule has 0 aliphatic heterocycles. The van der Waals surface area contributed by atoms with Crippen LogP contribution in [0.4, 0.5) is 10.1 Å². The van der Waals surface area contributed by atoms with E-state index in [0.29, 0.717) is 11.4 Å². The number of hydrogen-bond donors (Lipinski definition) is 3. The van der Waals surface area contributed by atoms with Crippen LogP contribution in [-0.4, -0.2) is 24.2 Å². The summed E-state index contributed by atoms with van der Waals surface area (Å²) in [6, 6.07) is 3.69. The SMILES string of the molecule is COc1cc(F)ccc1NC(C)C(N)=NO. The van der Waals surface area contributed by atoms with Crippen LogP contribution in [0.5, 0.6) is 5.75 Å². The van der Waals surface area contributed by atoms with Gasteiger partial charge in [0.2, 0.25) is 0 Å². The van der Waals surface area contributed by atoms with Crippen LogP contribution in [0.1, 0.15) is 6.92 Å². The van der Waals surface area contributed by atoms with E-state index in [2.05, 4.69) is 10.5 Å². The zero-order chi connectivity index (χ0) is 12.1. The number of hydrogen-bond acceptors (Lipinski definition) is 4. The Kier molecular flexibility index (Phi) is 3.93. The Morgan fingerprint density at radius 2 is 2.31 bits per heavy atom. The van der Waals surface area contributed by atoms with Gasteiger partial charge < -0.3 is 21.0 Å². The van der Waals surface area contributed by atoms with E-state index in [-0.39, 0.29) is 17.7 Å². The number of anilines is 1. The van der Waals surface area contributed by atoms with Gasteiger partial charge in [-0.15, -0.1) is 0 Å². The Balaban J connectivity index is 2.88. The molecule has 0 fully saturated rings. The van der Waals surface area contributed by atoms with Gasteiger partial charge in [-0.1, -0.05) is 5.16 Å². The molecule has 0 amide bonds. The van der Waals surface area contributed by atoms with Crippen molar-refractivity contribution in [1.29, 1.82) is 0 Å². The monoisotopic (exact) mass is 227 g/mol. The number of rotatable bonds is 4. The van der Waals surface area contributed by atoms with Crippen LogP contribution in [0.2, 0.25) is 0 Å². The minimum Gasteiger partial charge on any atom is -0.494 e. The maximum atomic E-state index is 12.9. The quantitative estimate of drug-likeness (QED) is 0.314. The van der Waals surface area contributed by atoms with Crippen LogP contribution in [0, 0.1) is 5.82 Å². The molecule has 88 valence electrons. The Hall–Kier alpha value is -1.98. The first kappa shape index (κ1) is 12.1. The molecule has 0 saturated heterocycles. The Morgan fingerprint density at radius 3 is 2.88 bits per heavy atom. The number of amidine groups is 1. The number of methoxy groups -OCH3 is 1. The average molecular weight is 227 g/mol. The van der Waals surface area contributed by atoms with Crippen molar-refractivity contribution in [3.8, 4) is 5.75 Å². The molecule has 0 aromatic heterocycles. The van der Waals surface area contributed by atoms with E-state index in [1.165, 1.54) is 25.3 Å². The number of benzene rings is 1. The molecule has 0 aliphatic carbocycles. The topological polar surface area (TPSA) is 79.9 Å². The van der Waals surface area contributed by atoms with E-state index >= 15 is 0 Å². The lowest BCUT2D eigenvalue weighted by atomic mass is 10.2. The molecule has 1 rings (SSSR count). The number of halogens is 1. The van der Waals surface area contributed by atoms with Crippen molar-refractivity contribution in [2.45, 2.75) is 13.0 Å². The third-order valence-corrected chi connectivity index (χ3v) is 2.09. The smallest absolute Gasteiger partial charge is 0.161 e. The average Bonchev–Trinajstić information content (AvgIpc) is 2.30. The molecule has 1 aromatic carbocycles. The molecule has 1 aromatic rings. The van der Waals surface area contributed by atoms with E-state index in [1.54, 1.807) is 6.92 Å². The fourth-order valence-corrected chi connectivity index (χ4v) is 1.18. The van der Waals surface area contributed by atoms with Crippen molar-refractivity contribution in [2.75, 3.05) is 12.4 Å². The zero-order valence-corrected chi connectivity index (χ0v) is 9.07. The van der Waals surface area contributed by atoms with Gasteiger partial charge in [0.05, 0.1) is 18.8 Å². The molecule has 1 atom stereocenters. The molecule has 0 bridgehead atoms. The summed E-state index contributed by atoms with van der Waals surface area (Å²) in [5, 5.41) is 14.3. The Morgan fingerprint density at radius 1 is 1.62 bits per heavy atom. The maximum absolute atomic E-state index is 12.9. The number of ether oxygens (including phenoxy) is 1. The molecule has 5 nitrogen and oxygen atoms in total. The van der Waals surface area contributed by atoms with E-state index in [1.807, 2.05) is 0 Å². The van der Waals surface area contributed by atoms with Gasteiger partial charge in [-0.25, -0.2) is 4.39 Å². The summed E-state index contributed by atoms with van der Waals surface area (Å²) in [6.07, 6.45) is 0. The lowest BCUT2D eigenvalue weighted by Crippen LogP contribution is -2.33. The minimum absolute atomic E-state index is 0.0337. The first-order valence-electron chi connectivity index (χ1n) is 4.66. The number of nitrogens with zero attached hydrogens (tertiary/aromatic N) is 1.